The number of fused-ring (bicyclic) bond motifs is 1. The number of benzene rings is 2. The first-order chi connectivity index (χ1) is 15.5. The standard InChI is InChI=1S/C23H18F4N4O2/c1-13-3-9-17(10-4-13)31-22-21(14(2)29-31)18(23(25,26)27)11-20(33)30(22)12-19(32)28-16-7-5-15(24)6-8-16/h3-11H,12H2,1-2H3,(H,28,32). The van der Waals surface area contributed by atoms with Crippen LogP contribution in [0.25, 0.3) is 16.7 Å². The number of aromatic nitrogens is 3. The zero-order chi connectivity index (χ0) is 23.9. The van der Waals surface area contributed by atoms with Crippen LogP contribution in [0.2, 0.25) is 0 Å². The first kappa shape index (κ1) is 22.3. The molecule has 0 bridgehead atoms. The molecule has 0 unspecified atom stereocenters. The molecule has 0 aliphatic carbocycles. The van der Waals surface area contributed by atoms with E-state index in [9.17, 15) is 27.2 Å². The van der Waals surface area contributed by atoms with Crippen molar-refractivity contribution in [2.45, 2.75) is 26.6 Å². The van der Waals surface area contributed by atoms with Gasteiger partial charge in [-0.3, -0.25) is 14.2 Å². The number of amides is 1. The van der Waals surface area contributed by atoms with Crippen molar-refractivity contribution in [2.75, 3.05) is 5.32 Å². The average Bonchev–Trinajstić information content (AvgIpc) is 3.08. The van der Waals surface area contributed by atoms with Crippen LogP contribution in [0.3, 0.4) is 0 Å². The zero-order valence-electron chi connectivity index (χ0n) is 17.6. The molecule has 2 aromatic heterocycles. The van der Waals surface area contributed by atoms with Gasteiger partial charge in [-0.25, -0.2) is 9.07 Å². The van der Waals surface area contributed by atoms with E-state index < -0.39 is 35.6 Å². The normalized spacial score (nSPS) is 11.7. The summed E-state index contributed by atoms with van der Waals surface area (Å²) in [4.78, 5) is 25.4. The van der Waals surface area contributed by atoms with E-state index in [0.717, 1.165) is 22.3 Å². The van der Waals surface area contributed by atoms with Crippen molar-refractivity contribution in [3.05, 3.63) is 87.6 Å². The number of hydrogen-bond acceptors (Lipinski definition) is 3. The fourth-order valence-electron chi connectivity index (χ4n) is 3.58. The number of pyridine rings is 1. The Hall–Kier alpha value is -3.95. The van der Waals surface area contributed by atoms with Crippen LogP contribution >= 0.6 is 0 Å². The smallest absolute Gasteiger partial charge is 0.325 e. The number of nitrogens with zero attached hydrogens (tertiary/aromatic N) is 3. The minimum absolute atomic E-state index is 0.0607. The number of nitrogens with one attached hydrogen (secondary N) is 1. The van der Waals surface area contributed by atoms with Gasteiger partial charge in [0.1, 0.15) is 18.0 Å². The minimum atomic E-state index is -4.79. The van der Waals surface area contributed by atoms with Crippen molar-refractivity contribution in [2.24, 2.45) is 0 Å². The summed E-state index contributed by atoms with van der Waals surface area (Å²) in [5, 5.41) is 6.49. The van der Waals surface area contributed by atoms with Gasteiger partial charge < -0.3 is 5.32 Å². The van der Waals surface area contributed by atoms with E-state index in [4.69, 9.17) is 0 Å². The van der Waals surface area contributed by atoms with E-state index in [1.54, 1.807) is 24.3 Å². The van der Waals surface area contributed by atoms with Crippen LogP contribution in [0.15, 0.2) is 59.4 Å². The lowest BCUT2D eigenvalue weighted by atomic mass is 10.1. The number of hydrogen-bond donors (Lipinski definition) is 1. The fraction of sp³-hybridized carbons (Fsp3) is 0.174. The monoisotopic (exact) mass is 458 g/mol. The van der Waals surface area contributed by atoms with Crippen LogP contribution in [0, 0.1) is 19.7 Å². The van der Waals surface area contributed by atoms with Crippen LogP contribution < -0.4 is 10.9 Å². The third kappa shape index (κ3) is 4.36. The van der Waals surface area contributed by atoms with Gasteiger partial charge in [0, 0.05) is 11.8 Å². The molecule has 4 aromatic rings. The Labute approximate surface area is 185 Å². The number of carbonyl (C=O) groups is 1. The number of halogens is 4. The van der Waals surface area contributed by atoms with Gasteiger partial charge in [0.15, 0.2) is 0 Å². The van der Waals surface area contributed by atoms with E-state index in [1.165, 1.54) is 23.7 Å². The van der Waals surface area contributed by atoms with E-state index in [0.29, 0.717) is 11.8 Å². The van der Waals surface area contributed by atoms with Crippen molar-refractivity contribution < 1.29 is 22.4 Å². The highest BCUT2D eigenvalue weighted by Crippen LogP contribution is 2.36. The summed E-state index contributed by atoms with van der Waals surface area (Å²) in [6.07, 6.45) is -4.79. The van der Waals surface area contributed by atoms with Crippen molar-refractivity contribution in [3.8, 4) is 5.69 Å². The third-order valence-corrected chi connectivity index (χ3v) is 5.11. The molecule has 6 nitrogen and oxygen atoms in total. The van der Waals surface area contributed by atoms with Crippen LogP contribution in [-0.4, -0.2) is 20.3 Å². The average molecular weight is 458 g/mol. The molecule has 2 aromatic carbocycles. The highest BCUT2D eigenvalue weighted by molar-refractivity contribution is 5.92. The number of carbonyl (C=O) groups excluding carboxylic acids is 1. The number of alkyl halides is 3. The highest BCUT2D eigenvalue weighted by Gasteiger charge is 2.36. The molecule has 0 radical (unpaired) electrons. The van der Waals surface area contributed by atoms with Gasteiger partial charge in [-0.15, -0.1) is 0 Å². The second-order valence-corrected chi connectivity index (χ2v) is 7.57. The SMILES string of the molecule is Cc1ccc(-n2nc(C)c3c(C(F)(F)F)cc(=O)n(CC(=O)Nc4ccc(F)cc4)c32)cc1. The predicted octanol–water partition coefficient (Wildman–Crippen LogP) is 4.60. The number of rotatable bonds is 4. The topological polar surface area (TPSA) is 68.9 Å². The first-order valence-corrected chi connectivity index (χ1v) is 9.87. The Morgan fingerprint density at radius 1 is 1.03 bits per heavy atom. The molecule has 0 fully saturated rings. The molecular weight excluding hydrogens is 440 g/mol. The molecule has 0 aliphatic rings. The van der Waals surface area contributed by atoms with E-state index in [-0.39, 0.29) is 22.4 Å². The van der Waals surface area contributed by atoms with E-state index in [2.05, 4.69) is 10.4 Å². The lowest BCUT2D eigenvalue weighted by molar-refractivity contribution is -0.136. The van der Waals surface area contributed by atoms with Crippen LogP contribution in [0.1, 0.15) is 16.8 Å². The molecule has 170 valence electrons. The van der Waals surface area contributed by atoms with Gasteiger partial charge in [-0.1, -0.05) is 17.7 Å². The molecule has 4 rings (SSSR count). The number of anilines is 1. The quantitative estimate of drug-likeness (QED) is 0.455. The fourth-order valence-corrected chi connectivity index (χ4v) is 3.58. The zero-order valence-corrected chi connectivity index (χ0v) is 17.6. The Balaban J connectivity index is 1.88. The van der Waals surface area contributed by atoms with Gasteiger partial charge in [-0.05, 0) is 50.2 Å². The maximum Gasteiger partial charge on any atom is 0.417 e. The summed E-state index contributed by atoms with van der Waals surface area (Å²) in [7, 11) is 0. The van der Waals surface area contributed by atoms with E-state index >= 15 is 0 Å². The predicted molar refractivity (Wildman–Crippen MR) is 115 cm³/mol. The maximum atomic E-state index is 13.8. The Kier molecular flexibility index (Phi) is 5.52. The van der Waals surface area contributed by atoms with Crippen molar-refractivity contribution in [1.82, 2.24) is 14.3 Å². The molecule has 0 saturated carbocycles. The second kappa shape index (κ2) is 8.19. The largest absolute Gasteiger partial charge is 0.417 e. The summed E-state index contributed by atoms with van der Waals surface area (Å²) in [5.74, 6) is -1.16. The van der Waals surface area contributed by atoms with Gasteiger partial charge in [0.2, 0.25) is 5.91 Å². The minimum Gasteiger partial charge on any atom is -0.325 e. The lowest BCUT2D eigenvalue weighted by Crippen LogP contribution is -2.30. The van der Waals surface area contributed by atoms with E-state index in [1.807, 2.05) is 6.92 Å². The summed E-state index contributed by atoms with van der Waals surface area (Å²) < 4.78 is 56.6. The Morgan fingerprint density at radius 3 is 2.27 bits per heavy atom. The van der Waals surface area contributed by atoms with Crippen molar-refractivity contribution in [3.63, 3.8) is 0 Å². The summed E-state index contributed by atoms with van der Waals surface area (Å²) in [6.45, 7) is 2.70. The first-order valence-electron chi connectivity index (χ1n) is 9.87. The highest BCUT2D eigenvalue weighted by atomic mass is 19.4. The molecule has 1 amide bonds. The maximum absolute atomic E-state index is 13.8. The molecule has 0 aliphatic heterocycles. The second-order valence-electron chi connectivity index (χ2n) is 7.57. The summed E-state index contributed by atoms with van der Waals surface area (Å²) >= 11 is 0. The Bertz CT molecular complexity index is 1400. The molecule has 0 saturated heterocycles. The molecule has 10 heteroatoms. The van der Waals surface area contributed by atoms with Crippen molar-refractivity contribution >= 4 is 22.6 Å². The summed E-state index contributed by atoms with van der Waals surface area (Å²) in [6, 6.07) is 12.3. The van der Waals surface area contributed by atoms with Crippen LogP contribution in [-0.2, 0) is 17.5 Å². The molecule has 1 N–H and O–H groups in total. The molecular formula is C23H18F4N4O2. The van der Waals surface area contributed by atoms with Gasteiger partial charge >= 0.3 is 6.18 Å². The van der Waals surface area contributed by atoms with Crippen LogP contribution in [0.4, 0.5) is 23.2 Å². The molecule has 0 atom stereocenters. The van der Waals surface area contributed by atoms with Crippen molar-refractivity contribution in [1.29, 1.82) is 0 Å². The van der Waals surface area contributed by atoms with Crippen LogP contribution in [0.5, 0.6) is 0 Å². The third-order valence-electron chi connectivity index (χ3n) is 5.11. The van der Waals surface area contributed by atoms with Gasteiger partial charge in [-0.2, -0.15) is 18.3 Å². The number of aryl methyl sites for hydroxylation is 2. The molecule has 0 spiro atoms. The molecule has 33 heavy (non-hydrogen) atoms. The van der Waals surface area contributed by atoms with Gasteiger partial charge in [0.25, 0.3) is 5.56 Å². The molecule has 2 heterocycles. The lowest BCUT2D eigenvalue weighted by Gasteiger charge is -2.15. The van der Waals surface area contributed by atoms with Gasteiger partial charge in [0.05, 0.1) is 22.3 Å². The summed E-state index contributed by atoms with van der Waals surface area (Å²) in [5.41, 5.74) is -0.563. The Morgan fingerprint density at radius 2 is 1.67 bits per heavy atom.